The third kappa shape index (κ3) is 3.32. The van der Waals surface area contributed by atoms with E-state index in [1.54, 1.807) is 35.6 Å². The molecule has 2 rings (SSSR count). The fourth-order valence-electron chi connectivity index (χ4n) is 2.19. The minimum absolute atomic E-state index is 0.0455. The van der Waals surface area contributed by atoms with Crippen LogP contribution in [0.3, 0.4) is 0 Å². The Morgan fingerprint density at radius 2 is 2.16 bits per heavy atom. The number of primary amides is 1. The van der Waals surface area contributed by atoms with E-state index in [2.05, 4.69) is 0 Å². The number of amides is 2. The molecule has 0 bridgehead atoms. The number of nitrogens with zero attached hydrogens (tertiary/aromatic N) is 1. The van der Waals surface area contributed by atoms with Crippen molar-refractivity contribution in [2.45, 2.75) is 18.9 Å². The molecule has 5 nitrogen and oxygen atoms in total. The normalized spacial score (nSPS) is 18.6. The number of hydrogen-bond acceptors (Lipinski definition) is 3. The number of hydrogen-bond donors (Lipinski definition) is 2. The number of aliphatic hydroxyl groups is 1. The van der Waals surface area contributed by atoms with Gasteiger partial charge in [0.25, 0.3) is 0 Å². The lowest BCUT2D eigenvalue weighted by Crippen LogP contribution is -2.29. The van der Waals surface area contributed by atoms with E-state index in [1.807, 2.05) is 0 Å². The fourth-order valence-corrected chi connectivity index (χ4v) is 2.19. The lowest BCUT2D eigenvalue weighted by molar-refractivity contribution is -0.129. The second-order valence-corrected chi connectivity index (χ2v) is 4.64. The first-order valence-corrected chi connectivity index (χ1v) is 6.26. The van der Waals surface area contributed by atoms with E-state index in [9.17, 15) is 14.7 Å². The van der Waals surface area contributed by atoms with Gasteiger partial charge in [-0.2, -0.15) is 0 Å². The van der Waals surface area contributed by atoms with Crippen LogP contribution in [0, 0.1) is 6.42 Å². The van der Waals surface area contributed by atoms with Crippen LogP contribution in [-0.2, 0) is 4.79 Å². The maximum Gasteiger partial charge on any atom is 0.248 e. The Bertz CT molecular complexity index is 487. The number of aliphatic hydroxyl groups excluding tert-OH is 1. The zero-order valence-electron chi connectivity index (χ0n) is 10.6. The summed E-state index contributed by atoms with van der Waals surface area (Å²) >= 11 is 0. The van der Waals surface area contributed by atoms with Crippen LogP contribution in [0.15, 0.2) is 24.3 Å². The van der Waals surface area contributed by atoms with Crippen molar-refractivity contribution in [1.29, 1.82) is 0 Å². The highest BCUT2D eigenvalue weighted by Gasteiger charge is 2.24. The van der Waals surface area contributed by atoms with E-state index in [1.165, 1.54) is 0 Å². The highest BCUT2D eigenvalue weighted by Crippen LogP contribution is 2.15. The quantitative estimate of drug-likeness (QED) is 0.818. The second kappa shape index (κ2) is 5.84. The molecule has 1 aromatic rings. The summed E-state index contributed by atoms with van der Waals surface area (Å²) in [5.74, 6) is -0.549. The number of carbonyl (C=O) groups is 2. The van der Waals surface area contributed by atoms with Crippen LogP contribution in [0.4, 0.5) is 0 Å². The Balaban J connectivity index is 1.95. The highest BCUT2D eigenvalue weighted by atomic mass is 16.3. The maximum atomic E-state index is 11.9. The molecule has 3 N–H and O–H groups in total. The van der Waals surface area contributed by atoms with Gasteiger partial charge < -0.3 is 15.7 Å². The number of benzene rings is 1. The monoisotopic (exact) mass is 261 g/mol. The first-order chi connectivity index (χ1) is 9.08. The van der Waals surface area contributed by atoms with Crippen molar-refractivity contribution in [2.24, 2.45) is 5.73 Å². The van der Waals surface area contributed by atoms with Gasteiger partial charge in [0.2, 0.25) is 11.8 Å². The van der Waals surface area contributed by atoms with Gasteiger partial charge in [-0.25, -0.2) is 0 Å². The molecule has 1 heterocycles. The first-order valence-electron chi connectivity index (χ1n) is 6.26. The standard InChI is InChI=1S/C14H17N2O3/c15-14(19)12-4-2-1-3-10(12)5-6-13(18)16-8-7-11(17)9-16/h1-5,11,17H,6-9H2,(H2,15,19)/t11-/m0/s1. The molecule has 0 spiro atoms. The molecule has 1 radical (unpaired) electrons. The van der Waals surface area contributed by atoms with Gasteiger partial charge in [0.05, 0.1) is 6.10 Å². The zero-order chi connectivity index (χ0) is 13.8. The smallest absolute Gasteiger partial charge is 0.248 e. The van der Waals surface area contributed by atoms with Crippen molar-refractivity contribution in [3.05, 3.63) is 41.8 Å². The molecule has 5 heteroatoms. The van der Waals surface area contributed by atoms with Crippen LogP contribution in [-0.4, -0.2) is 41.0 Å². The third-order valence-electron chi connectivity index (χ3n) is 3.24. The van der Waals surface area contributed by atoms with Gasteiger partial charge in [-0.1, -0.05) is 18.2 Å². The van der Waals surface area contributed by atoms with Gasteiger partial charge in [0.1, 0.15) is 0 Å². The molecule has 101 valence electrons. The number of β-amino-alcohol motifs (C(OH)–C–C–N with tert-alkyl or cyclic N) is 1. The maximum absolute atomic E-state index is 11.9. The van der Waals surface area contributed by atoms with E-state index < -0.39 is 12.0 Å². The van der Waals surface area contributed by atoms with E-state index in [0.29, 0.717) is 30.6 Å². The molecular weight excluding hydrogens is 244 g/mol. The number of nitrogens with two attached hydrogens (primary N) is 1. The van der Waals surface area contributed by atoms with E-state index >= 15 is 0 Å². The van der Waals surface area contributed by atoms with Gasteiger partial charge >= 0.3 is 0 Å². The molecular formula is C14H17N2O3. The Kier molecular flexibility index (Phi) is 4.16. The third-order valence-corrected chi connectivity index (χ3v) is 3.24. The van der Waals surface area contributed by atoms with Crippen LogP contribution >= 0.6 is 0 Å². The summed E-state index contributed by atoms with van der Waals surface area (Å²) in [5, 5.41) is 9.39. The molecule has 1 aliphatic heterocycles. The molecule has 19 heavy (non-hydrogen) atoms. The van der Waals surface area contributed by atoms with Gasteiger partial charge in [-0.15, -0.1) is 0 Å². The largest absolute Gasteiger partial charge is 0.391 e. The first kappa shape index (κ1) is 13.5. The Labute approximate surface area is 112 Å². The summed E-state index contributed by atoms with van der Waals surface area (Å²) in [6.07, 6.45) is 2.12. The molecule has 1 aromatic carbocycles. The summed E-state index contributed by atoms with van der Waals surface area (Å²) in [6.45, 7) is 0.982. The molecule has 1 aliphatic rings. The lowest BCUT2D eigenvalue weighted by atomic mass is 10.0. The lowest BCUT2D eigenvalue weighted by Gasteiger charge is -2.15. The van der Waals surface area contributed by atoms with Gasteiger partial charge in [-0.05, 0) is 18.1 Å². The van der Waals surface area contributed by atoms with Crippen molar-refractivity contribution >= 4 is 11.8 Å². The SMILES string of the molecule is NC(=O)c1ccccc1[CH]CC(=O)N1CC[C@H](O)C1. The zero-order valence-corrected chi connectivity index (χ0v) is 10.6. The van der Waals surface area contributed by atoms with Crippen LogP contribution in [0.25, 0.3) is 0 Å². The van der Waals surface area contributed by atoms with Crippen LogP contribution in [0.1, 0.15) is 28.8 Å². The molecule has 0 saturated carbocycles. The Morgan fingerprint density at radius 3 is 2.79 bits per heavy atom. The minimum Gasteiger partial charge on any atom is -0.391 e. The van der Waals surface area contributed by atoms with Crippen molar-refractivity contribution in [3.8, 4) is 0 Å². The van der Waals surface area contributed by atoms with E-state index in [4.69, 9.17) is 5.73 Å². The van der Waals surface area contributed by atoms with Crippen LogP contribution in [0.5, 0.6) is 0 Å². The molecule has 1 atom stereocenters. The second-order valence-electron chi connectivity index (χ2n) is 4.64. The van der Waals surface area contributed by atoms with Crippen molar-refractivity contribution in [1.82, 2.24) is 4.90 Å². The van der Waals surface area contributed by atoms with Gasteiger partial charge in [-0.3, -0.25) is 9.59 Å². The Hall–Kier alpha value is -1.88. The summed E-state index contributed by atoms with van der Waals surface area (Å²) in [5.41, 5.74) is 6.36. The predicted octanol–water partition coefficient (Wildman–Crippen LogP) is 0.321. The van der Waals surface area contributed by atoms with Crippen molar-refractivity contribution in [3.63, 3.8) is 0 Å². The summed E-state index contributed by atoms with van der Waals surface area (Å²) in [4.78, 5) is 24.8. The highest BCUT2D eigenvalue weighted by molar-refractivity contribution is 5.95. The fraction of sp³-hybridized carbons (Fsp3) is 0.357. The molecule has 1 fully saturated rings. The average Bonchev–Trinajstić information content (AvgIpc) is 2.83. The van der Waals surface area contributed by atoms with Gasteiger partial charge in [0.15, 0.2) is 0 Å². The number of likely N-dealkylation sites (tertiary alicyclic amines) is 1. The average molecular weight is 261 g/mol. The van der Waals surface area contributed by atoms with Crippen LogP contribution in [0.2, 0.25) is 0 Å². The topological polar surface area (TPSA) is 83.6 Å². The van der Waals surface area contributed by atoms with E-state index in [0.717, 1.165) is 0 Å². The van der Waals surface area contributed by atoms with E-state index in [-0.39, 0.29) is 12.3 Å². The summed E-state index contributed by atoms with van der Waals surface area (Å²) in [6, 6.07) is 6.92. The molecule has 0 aliphatic carbocycles. The van der Waals surface area contributed by atoms with Gasteiger partial charge in [0, 0.05) is 31.5 Å². The molecule has 0 aromatic heterocycles. The summed E-state index contributed by atoms with van der Waals surface area (Å²) in [7, 11) is 0. The molecule has 0 unspecified atom stereocenters. The van der Waals surface area contributed by atoms with Crippen molar-refractivity contribution < 1.29 is 14.7 Å². The molecule has 2 amide bonds. The Morgan fingerprint density at radius 1 is 1.42 bits per heavy atom. The number of rotatable bonds is 4. The number of carbonyl (C=O) groups excluding carboxylic acids is 2. The minimum atomic E-state index is -0.504. The summed E-state index contributed by atoms with van der Waals surface area (Å²) < 4.78 is 0. The van der Waals surface area contributed by atoms with Crippen LogP contribution < -0.4 is 5.73 Å². The predicted molar refractivity (Wildman–Crippen MR) is 70.2 cm³/mol. The molecule has 1 saturated heterocycles. The van der Waals surface area contributed by atoms with Crippen molar-refractivity contribution in [2.75, 3.05) is 13.1 Å².